The van der Waals surface area contributed by atoms with Crippen LogP contribution >= 0.6 is 11.6 Å². The van der Waals surface area contributed by atoms with Crippen LogP contribution in [0.3, 0.4) is 0 Å². The van der Waals surface area contributed by atoms with Gasteiger partial charge in [-0.05, 0) is 99.0 Å². The van der Waals surface area contributed by atoms with Crippen LogP contribution in [0.5, 0.6) is 0 Å². The first-order valence-corrected chi connectivity index (χ1v) is 16.5. The van der Waals surface area contributed by atoms with Crippen LogP contribution in [0, 0.1) is 5.92 Å². The van der Waals surface area contributed by atoms with Crippen molar-refractivity contribution in [1.82, 2.24) is 14.1 Å². The quantitative estimate of drug-likeness (QED) is 0.217. The van der Waals surface area contributed by atoms with Gasteiger partial charge in [0.05, 0.1) is 4.90 Å². The third-order valence-electron chi connectivity index (χ3n) is 8.28. The van der Waals surface area contributed by atoms with E-state index in [4.69, 9.17) is 11.6 Å². The van der Waals surface area contributed by atoms with Gasteiger partial charge in [-0.1, -0.05) is 72.3 Å². The maximum atomic E-state index is 13.2. The van der Waals surface area contributed by atoms with Crippen LogP contribution in [0.25, 0.3) is 0 Å². The zero-order valence-electron chi connectivity index (χ0n) is 24.3. The minimum atomic E-state index is -3.59. The smallest absolute Gasteiger partial charge is 0.407 e. The number of carboxylic acid groups (broad SMARTS) is 1. The van der Waals surface area contributed by atoms with Gasteiger partial charge in [0.15, 0.2) is 0 Å². The van der Waals surface area contributed by atoms with E-state index in [0.717, 1.165) is 62.9 Å². The Kier molecular flexibility index (Phi) is 11.8. The second kappa shape index (κ2) is 15.5. The highest BCUT2D eigenvalue weighted by Crippen LogP contribution is 2.28. The fourth-order valence-corrected chi connectivity index (χ4v) is 7.19. The normalized spacial score (nSPS) is 15.5. The van der Waals surface area contributed by atoms with Gasteiger partial charge < -0.3 is 14.9 Å². The Hall–Kier alpha value is -2.91. The molecule has 0 spiro atoms. The van der Waals surface area contributed by atoms with Crippen LogP contribution < -0.4 is 0 Å². The maximum absolute atomic E-state index is 13.2. The van der Waals surface area contributed by atoms with Gasteiger partial charge in [0.25, 0.3) is 0 Å². The minimum absolute atomic E-state index is 0.0107. The minimum Gasteiger partial charge on any atom is -0.465 e. The largest absolute Gasteiger partial charge is 0.465 e. The monoisotopic (exact) mass is 611 g/mol. The predicted octanol–water partition coefficient (Wildman–Crippen LogP) is 6.81. The maximum Gasteiger partial charge on any atom is 0.407 e. The van der Waals surface area contributed by atoms with Gasteiger partial charge >= 0.3 is 6.09 Å². The molecule has 1 atom stereocenters. The van der Waals surface area contributed by atoms with Gasteiger partial charge in [0.1, 0.15) is 0 Å². The summed E-state index contributed by atoms with van der Waals surface area (Å²) in [6, 6.07) is 26.0. The van der Waals surface area contributed by atoms with E-state index in [0.29, 0.717) is 35.5 Å². The fraction of sp³-hybridized carbons (Fsp3) is 0.424. The molecule has 3 aromatic carbocycles. The zero-order valence-corrected chi connectivity index (χ0v) is 25.9. The number of rotatable bonds is 14. The number of carbonyl (C=O) groups is 1. The van der Waals surface area contributed by atoms with Crippen molar-refractivity contribution in [3.8, 4) is 0 Å². The molecule has 0 aliphatic carbocycles. The lowest BCUT2D eigenvalue weighted by Crippen LogP contribution is -2.37. The number of likely N-dealkylation sites (tertiary alicyclic amines) is 1. The molecule has 1 N–H and O–H groups in total. The number of likely N-dealkylation sites (N-methyl/N-ethyl adjacent to an activating group) is 1. The summed E-state index contributed by atoms with van der Waals surface area (Å²) in [4.78, 5) is 16.0. The van der Waals surface area contributed by atoms with Crippen LogP contribution in [0.15, 0.2) is 89.8 Å². The number of hydrogen-bond donors (Lipinski definition) is 1. The lowest BCUT2D eigenvalue weighted by Gasteiger charge is -2.33. The Morgan fingerprint density at radius 1 is 1.00 bits per heavy atom. The van der Waals surface area contributed by atoms with Gasteiger partial charge in [-0.15, -0.1) is 0 Å². The number of benzene rings is 3. The zero-order chi connectivity index (χ0) is 30.0. The van der Waals surface area contributed by atoms with Crippen molar-refractivity contribution in [2.75, 3.05) is 39.8 Å². The van der Waals surface area contributed by atoms with E-state index in [9.17, 15) is 18.3 Å². The van der Waals surface area contributed by atoms with E-state index in [1.165, 1.54) is 9.21 Å². The summed E-state index contributed by atoms with van der Waals surface area (Å²) >= 11 is 6.32. The molecule has 3 aromatic rings. The second-order valence-corrected chi connectivity index (χ2v) is 13.7. The molecule has 9 heteroatoms. The van der Waals surface area contributed by atoms with E-state index in [-0.39, 0.29) is 5.92 Å². The third-order valence-corrected chi connectivity index (χ3v) is 10.3. The van der Waals surface area contributed by atoms with Gasteiger partial charge in [0.2, 0.25) is 10.0 Å². The molecule has 1 heterocycles. The average molecular weight is 612 g/mol. The molecule has 1 saturated heterocycles. The first-order valence-electron chi connectivity index (χ1n) is 14.7. The number of hydrogen-bond acceptors (Lipinski definition) is 4. The first-order chi connectivity index (χ1) is 20.2. The summed E-state index contributed by atoms with van der Waals surface area (Å²) in [6.07, 6.45) is 4.03. The highest BCUT2D eigenvalue weighted by molar-refractivity contribution is 7.89. The molecule has 4 rings (SSSR count). The van der Waals surface area contributed by atoms with E-state index in [2.05, 4.69) is 4.90 Å². The van der Waals surface area contributed by atoms with Crippen molar-refractivity contribution < 1.29 is 18.3 Å². The average Bonchev–Trinajstić information content (AvgIpc) is 3.00. The highest BCUT2D eigenvalue weighted by Gasteiger charge is 2.26. The number of sulfonamides is 1. The molecular formula is C33H42ClN3O4S. The topological polar surface area (TPSA) is 81.2 Å². The van der Waals surface area contributed by atoms with Crippen molar-refractivity contribution >= 4 is 27.7 Å². The van der Waals surface area contributed by atoms with Gasteiger partial charge in [-0.25, -0.2) is 17.5 Å². The number of piperidine rings is 1. The Morgan fingerprint density at radius 2 is 1.67 bits per heavy atom. The summed E-state index contributed by atoms with van der Waals surface area (Å²) in [5.74, 6) is 0.607. The van der Waals surface area contributed by atoms with Crippen LogP contribution in [-0.4, -0.2) is 73.5 Å². The Morgan fingerprint density at radius 3 is 2.31 bits per heavy atom. The Bertz CT molecular complexity index is 1370. The summed E-state index contributed by atoms with van der Waals surface area (Å²) in [6.45, 7) is 4.22. The summed E-state index contributed by atoms with van der Waals surface area (Å²) < 4.78 is 27.9. The third kappa shape index (κ3) is 9.30. The predicted molar refractivity (Wildman–Crippen MR) is 168 cm³/mol. The Balaban J connectivity index is 1.27. The van der Waals surface area contributed by atoms with Gasteiger partial charge in [-0.2, -0.15) is 0 Å². The molecule has 1 aliphatic rings. The summed E-state index contributed by atoms with van der Waals surface area (Å²) in [5, 5.41) is 10.3. The van der Waals surface area contributed by atoms with Gasteiger partial charge in [0, 0.05) is 31.7 Å². The molecule has 0 bridgehead atoms. The molecule has 1 amide bonds. The molecule has 1 fully saturated rings. The first kappa shape index (κ1) is 32.0. The SMILES string of the molecule is CN(C[C@@H](CCN1CCC(CCCN(Cc2ccccc2)C(=O)O)CC1)c1cccc(Cl)c1)S(=O)(=O)c1ccccc1. The van der Waals surface area contributed by atoms with E-state index >= 15 is 0 Å². The van der Waals surface area contributed by atoms with Gasteiger partial charge in [-0.3, -0.25) is 0 Å². The van der Waals surface area contributed by atoms with Crippen molar-refractivity contribution in [3.63, 3.8) is 0 Å². The standard InChI is InChI=1S/C33H42ClN3O4S/c1-35(42(40,41)32-15-6-3-7-16-32)26-30(29-13-8-14-31(34)24-29)19-23-36-21-17-27(18-22-36)12-9-20-37(33(38)39)25-28-10-4-2-5-11-28/h2-8,10-11,13-16,24,27,30H,9,12,17-23,25-26H2,1H3,(H,38,39)/t30-/m1/s1. The lowest BCUT2D eigenvalue weighted by molar-refractivity contribution is 0.136. The number of halogens is 1. The number of nitrogens with zero attached hydrogens (tertiary/aromatic N) is 3. The molecule has 226 valence electrons. The van der Waals surface area contributed by atoms with Crippen molar-refractivity contribution in [1.29, 1.82) is 0 Å². The summed E-state index contributed by atoms with van der Waals surface area (Å²) in [7, 11) is -1.94. The highest BCUT2D eigenvalue weighted by atomic mass is 35.5. The molecule has 7 nitrogen and oxygen atoms in total. The molecule has 0 radical (unpaired) electrons. The molecule has 0 aromatic heterocycles. The lowest BCUT2D eigenvalue weighted by atomic mass is 9.91. The van der Waals surface area contributed by atoms with E-state index in [1.807, 2.05) is 60.7 Å². The van der Waals surface area contributed by atoms with Crippen molar-refractivity contribution in [3.05, 3.63) is 101 Å². The molecular weight excluding hydrogens is 570 g/mol. The van der Waals surface area contributed by atoms with Crippen LogP contribution in [-0.2, 0) is 16.6 Å². The number of amides is 1. The van der Waals surface area contributed by atoms with E-state index in [1.54, 1.807) is 31.3 Å². The second-order valence-electron chi connectivity index (χ2n) is 11.3. The Labute approximate surface area is 255 Å². The molecule has 1 aliphatic heterocycles. The van der Waals surface area contributed by atoms with Crippen molar-refractivity contribution in [2.45, 2.75) is 49.5 Å². The molecule has 0 saturated carbocycles. The van der Waals surface area contributed by atoms with Crippen LogP contribution in [0.4, 0.5) is 4.79 Å². The van der Waals surface area contributed by atoms with Crippen LogP contribution in [0.1, 0.15) is 49.1 Å². The summed E-state index contributed by atoms with van der Waals surface area (Å²) in [5.41, 5.74) is 2.05. The fourth-order valence-electron chi connectivity index (χ4n) is 5.76. The van der Waals surface area contributed by atoms with Crippen LogP contribution in [0.2, 0.25) is 5.02 Å². The van der Waals surface area contributed by atoms with E-state index < -0.39 is 16.1 Å². The van der Waals surface area contributed by atoms with Crippen molar-refractivity contribution in [2.24, 2.45) is 5.92 Å². The molecule has 0 unspecified atom stereocenters. The molecule has 42 heavy (non-hydrogen) atoms.